The highest BCUT2D eigenvalue weighted by Crippen LogP contribution is 2.25. The van der Waals surface area contributed by atoms with Gasteiger partial charge in [0.15, 0.2) is 5.58 Å². The number of hydrogen-bond donors (Lipinski definition) is 1. The molecule has 7 heteroatoms. The molecule has 0 unspecified atom stereocenters. The minimum atomic E-state index is -0.133. The van der Waals surface area contributed by atoms with Crippen LogP contribution in [0.25, 0.3) is 11.1 Å². The fraction of sp³-hybridized carbons (Fsp3) is 0.118. The number of aromatic nitrogens is 1. The summed E-state index contributed by atoms with van der Waals surface area (Å²) >= 11 is 2.35. The minimum absolute atomic E-state index is 0.133. The van der Waals surface area contributed by atoms with Gasteiger partial charge in [0, 0.05) is 10.6 Å². The molecule has 0 aliphatic carbocycles. The number of carbonyl (C=O) groups is 1. The van der Waals surface area contributed by atoms with Crippen LogP contribution in [0.15, 0.2) is 57.0 Å². The van der Waals surface area contributed by atoms with E-state index in [0.29, 0.717) is 10.8 Å². The van der Waals surface area contributed by atoms with Gasteiger partial charge in [0.25, 0.3) is 5.22 Å². The summed E-state index contributed by atoms with van der Waals surface area (Å²) in [6.07, 6.45) is 0. The van der Waals surface area contributed by atoms with E-state index in [0.717, 1.165) is 33.4 Å². The Morgan fingerprint density at radius 2 is 2.17 bits per heavy atom. The van der Waals surface area contributed by atoms with Gasteiger partial charge in [-0.25, -0.2) is 4.98 Å². The van der Waals surface area contributed by atoms with Crippen molar-refractivity contribution in [1.29, 1.82) is 5.26 Å². The number of nitrogens with zero attached hydrogens (tertiary/aromatic N) is 2. The van der Waals surface area contributed by atoms with E-state index < -0.39 is 0 Å². The zero-order valence-electron chi connectivity index (χ0n) is 12.8. The van der Waals surface area contributed by atoms with Crippen molar-refractivity contribution in [2.24, 2.45) is 0 Å². The lowest BCUT2D eigenvalue weighted by Crippen LogP contribution is -2.14. The highest BCUT2D eigenvalue weighted by Gasteiger charge is 2.10. The molecule has 0 bridgehead atoms. The van der Waals surface area contributed by atoms with Gasteiger partial charge in [0.1, 0.15) is 10.9 Å². The smallest absolute Gasteiger partial charge is 0.257 e. The van der Waals surface area contributed by atoms with E-state index in [-0.39, 0.29) is 11.7 Å². The van der Waals surface area contributed by atoms with Crippen molar-refractivity contribution < 1.29 is 9.21 Å². The van der Waals surface area contributed by atoms with Crippen LogP contribution in [0.5, 0.6) is 0 Å². The zero-order valence-corrected chi connectivity index (χ0v) is 14.4. The van der Waals surface area contributed by atoms with E-state index in [2.05, 4.69) is 10.3 Å². The molecule has 24 heavy (non-hydrogen) atoms. The summed E-state index contributed by atoms with van der Waals surface area (Å²) < 4.78 is 5.57. The third-order valence-electron chi connectivity index (χ3n) is 3.24. The number of anilines is 1. The Bertz CT molecular complexity index is 898. The first-order chi connectivity index (χ1) is 11.7. The second kappa shape index (κ2) is 7.43. The van der Waals surface area contributed by atoms with Gasteiger partial charge in [0.2, 0.25) is 5.91 Å². The van der Waals surface area contributed by atoms with Crippen molar-refractivity contribution in [2.45, 2.75) is 17.0 Å². The number of nitriles is 1. The number of para-hydroxylation sites is 2. The van der Waals surface area contributed by atoms with E-state index in [1.54, 1.807) is 6.07 Å². The van der Waals surface area contributed by atoms with Gasteiger partial charge in [-0.3, -0.25) is 4.79 Å². The fourth-order valence-electron chi connectivity index (χ4n) is 2.12. The predicted octanol–water partition coefficient (Wildman–Crippen LogP) is 4.44. The number of amides is 1. The third-order valence-corrected chi connectivity index (χ3v) is 4.65. The highest BCUT2D eigenvalue weighted by atomic mass is 32.2. The van der Waals surface area contributed by atoms with Crippen molar-refractivity contribution in [1.82, 2.24) is 4.98 Å². The first-order valence-corrected chi connectivity index (χ1v) is 8.91. The molecule has 0 atom stereocenters. The lowest BCUT2D eigenvalue weighted by molar-refractivity contribution is -0.113. The number of thioether (sulfide) groups is 2. The largest absolute Gasteiger partial charge is 0.431 e. The van der Waals surface area contributed by atoms with Crippen molar-refractivity contribution in [3.05, 3.63) is 48.0 Å². The quantitative estimate of drug-likeness (QED) is 0.538. The van der Waals surface area contributed by atoms with Crippen LogP contribution in [0.2, 0.25) is 0 Å². The molecule has 2 aromatic carbocycles. The van der Waals surface area contributed by atoms with Crippen LogP contribution in [0.4, 0.5) is 5.69 Å². The predicted molar refractivity (Wildman–Crippen MR) is 96.0 cm³/mol. The number of thiocyanates is 1. The Kier molecular flexibility index (Phi) is 5.08. The number of rotatable bonds is 5. The summed E-state index contributed by atoms with van der Waals surface area (Å²) in [6, 6.07) is 13.0. The summed E-state index contributed by atoms with van der Waals surface area (Å²) in [6.45, 7) is 1.89. The first kappa shape index (κ1) is 16.4. The second-order valence-electron chi connectivity index (χ2n) is 4.95. The first-order valence-electron chi connectivity index (χ1n) is 7.10. The van der Waals surface area contributed by atoms with Crippen LogP contribution >= 0.6 is 23.5 Å². The van der Waals surface area contributed by atoms with E-state index in [1.807, 2.05) is 48.7 Å². The SMILES string of the molecule is Cc1cc(SC#N)ccc1NC(=O)CSc1nc2ccccc2o1. The van der Waals surface area contributed by atoms with Crippen LogP contribution in [0.1, 0.15) is 5.56 Å². The molecule has 5 nitrogen and oxygen atoms in total. The van der Waals surface area contributed by atoms with Crippen LogP contribution in [0, 0.1) is 17.6 Å². The van der Waals surface area contributed by atoms with E-state index in [4.69, 9.17) is 9.68 Å². The number of fused-ring (bicyclic) bond motifs is 1. The Morgan fingerprint density at radius 1 is 1.33 bits per heavy atom. The third kappa shape index (κ3) is 3.91. The Hall–Kier alpha value is -2.43. The highest BCUT2D eigenvalue weighted by molar-refractivity contribution is 8.03. The molecule has 1 aromatic heterocycles. The van der Waals surface area contributed by atoms with Gasteiger partial charge >= 0.3 is 0 Å². The fourth-order valence-corrected chi connectivity index (χ4v) is 3.23. The molecule has 1 heterocycles. The monoisotopic (exact) mass is 355 g/mol. The number of benzene rings is 2. The van der Waals surface area contributed by atoms with E-state index in [1.165, 1.54) is 11.8 Å². The molecule has 0 radical (unpaired) electrons. The summed E-state index contributed by atoms with van der Waals surface area (Å²) in [5, 5.41) is 14.0. The zero-order chi connectivity index (χ0) is 16.9. The van der Waals surface area contributed by atoms with Gasteiger partial charge in [-0.05, 0) is 54.6 Å². The number of hydrogen-bond acceptors (Lipinski definition) is 6. The van der Waals surface area contributed by atoms with Gasteiger partial charge < -0.3 is 9.73 Å². The van der Waals surface area contributed by atoms with Gasteiger partial charge in [-0.15, -0.1) is 0 Å². The molecule has 0 fully saturated rings. The molecule has 3 aromatic rings. The van der Waals surface area contributed by atoms with Crippen molar-refractivity contribution in [2.75, 3.05) is 11.1 Å². The van der Waals surface area contributed by atoms with Crippen molar-refractivity contribution >= 4 is 46.2 Å². The van der Waals surface area contributed by atoms with Crippen LogP contribution < -0.4 is 5.32 Å². The number of oxazole rings is 1. The standard InChI is InChI=1S/C17H13N3O2S2/c1-11-8-12(24-10-18)6-7-13(11)19-16(21)9-23-17-20-14-4-2-3-5-15(14)22-17/h2-8H,9H2,1H3,(H,19,21). The Morgan fingerprint density at radius 3 is 2.92 bits per heavy atom. The molecule has 0 aliphatic rings. The van der Waals surface area contributed by atoms with Gasteiger partial charge in [-0.2, -0.15) is 5.26 Å². The summed E-state index contributed by atoms with van der Waals surface area (Å²) in [5.41, 5.74) is 3.14. The molecule has 0 spiro atoms. The minimum Gasteiger partial charge on any atom is -0.431 e. The summed E-state index contributed by atoms with van der Waals surface area (Å²) in [4.78, 5) is 17.3. The maximum atomic E-state index is 12.1. The number of nitrogens with one attached hydrogen (secondary N) is 1. The lowest BCUT2D eigenvalue weighted by Gasteiger charge is -2.08. The molecule has 1 amide bonds. The Balaban J connectivity index is 1.60. The number of aryl methyl sites for hydroxylation is 1. The molecule has 0 saturated heterocycles. The van der Waals surface area contributed by atoms with Crippen LogP contribution in [-0.4, -0.2) is 16.6 Å². The van der Waals surface area contributed by atoms with Crippen LogP contribution in [0.3, 0.4) is 0 Å². The van der Waals surface area contributed by atoms with E-state index >= 15 is 0 Å². The number of carbonyl (C=O) groups excluding carboxylic acids is 1. The molecule has 1 N–H and O–H groups in total. The lowest BCUT2D eigenvalue weighted by atomic mass is 10.2. The average Bonchev–Trinajstić information content (AvgIpc) is 2.99. The Labute approximate surface area is 147 Å². The van der Waals surface area contributed by atoms with Crippen LogP contribution in [-0.2, 0) is 4.79 Å². The topological polar surface area (TPSA) is 78.9 Å². The molecular weight excluding hydrogens is 342 g/mol. The molecule has 3 rings (SSSR count). The molecule has 0 saturated carbocycles. The summed E-state index contributed by atoms with van der Waals surface area (Å²) in [5.74, 6) is 0.0760. The van der Waals surface area contributed by atoms with E-state index in [9.17, 15) is 4.79 Å². The molecule has 120 valence electrons. The van der Waals surface area contributed by atoms with Gasteiger partial charge in [0.05, 0.1) is 5.75 Å². The van der Waals surface area contributed by atoms with Gasteiger partial charge in [-0.1, -0.05) is 23.9 Å². The normalized spacial score (nSPS) is 10.5. The maximum Gasteiger partial charge on any atom is 0.257 e. The van der Waals surface area contributed by atoms with Crippen molar-refractivity contribution in [3.8, 4) is 5.40 Å². The second-order valence-corrected chi connectivity index (χ2v) is 6.74. The van der Waals surface area contributed by atoms with Crippen molar-refractivity contribution in [3.63, 3.8) is 0 Å². The average molecular weight is 355 g/mol. The molecular formula is C17H13N3O2S2. The molecule has 0 aliphatic heterocycles. The maximum absolute atomic E-state index is 12.1. The summed E-state index contributed by atoms with van der Waals surface area (Å²) in [7, 11) is 0.